The van der Waals surface area contributed by atoms with Crippen molar-refractivity contribution < 1.29 is 13.2 Å². The molecule has 0 saturated heterocycles. The highest BCUT2D eigenvalue weighted by Gasteiger charge is 2.24. The molecular formula is C13H13N3O3S3. The second-order valence-corrected chi connectivity index (χ2v) is 8.60. The van der Waals surface area contributed by atoms with Gasteiger partial charge in [0.1, 0.15) is 4.88 Å². The maximum atomic E-state index is 12.3. The van der Waals surface area contributed by atoms with Gasteiger partial charge in [-0.15, -0.1) is 11.3 Å². The fourth-order valence-electron chi connectivity index (χ4n) is 1.72. The molecule has 22 heavy (non-hydrogen) atoms. The molecule has 0 saturated carbocycles. The van der Waals surface area contributed by atoms with E-state index in [9.17, 15) is 18.5 Å². The van der Waals surface area contributed by atoms with Crippen molar-refractivity contribution in [3.05, 3.63) is 33.0 Å². The first-order chi connectivity index (χ1) is 10.4. The van der Waals surface area contributed by atoms with E-state index in [4.69, 9.17) is 0 Å². The Morgan fingerprint density at radius 3 is 2.77 bits per heavy atom. The van der Waals surface area contributed by atoms with E-state index in [1.54, 1.807) is 19.1 Å². The highest BCUT2D eigenvalue weighted by Crippen LogP contribution is 2.25. The van der Waals surface area contributed by atoms with Crippen LogP contribution < -0.4 is 5.32 Å². The molecule has 9 heteroatoms. The lowest BCUT2D eigenvalue weighted by Gasteiger charge is -2.09. The number of rotatable bonds is 5. The van der Waals surface area contributed by atoms with Crippen LogP contribution in [0.1, 0.15) is 33.2 Å². The zero-order chi connectivity index (χ0) is 16.3. The normalized spacial score (nSPS) is 12.6. The van der Waals surface area contributed by atoms with Gasteiger partial charge in [0, 0.05) is 11.1 Å². The fourth-order valence-corrected chi connectivity index (χ4v) is 4.37. The Kier molecular flexibility index (Phi) is 4.95. The van der Waals surface area contributed by atoms with Gasteiger partial charge in [-0.1, -0.05) is 24.3 Å². The molecule has 1 N–H and O–H groups in total. The summed E-state index contributed by atoms with van der Waals surface area (Å²) in [6, 6.07) is 4.81. The van der Waals surface area contributed by atoms with Crippen LogP contribution in [-0.4, -0.2) is 25.6 Å². The van der Waals surface area contributed by atoms with Gasteiger partial charge in [0.05, 0.1) is 11.8 Å². The van der Waals surface area contributed by atoms with E-state index in [0.29, 0.717) is 12.1 Å². The lowest BCUT2D eigenvalue weighted by Crippen LogP contribution is -2.27. The highest BCUT2D eigenvalue weighted by molar-refractivity contribution is 7.92. The number of carbonyl (C=O) groups is 1. The van der Waals surface area contributed by atoms with Crippen molar-refractivity contribution >= 4 is 38.4 Å². The molecule has 1 unspecified atom stereocenters. The number of carbonyl (C=O) groups excluding carboxylic acids is 1. The molecule has 0 fully saturated rings. The summed E-state index contributed by atoms with van der Waals surface area (Å²) in [6.07, 6.45) is 1.49. The predicted molar refractivity (Wildman–Crippen MR) is 84.7 cm³/mol. The molecule has 0 aliphatic heterocycles. The Morgan fingerprint density at radius 1 is 1.55 bits per heavy atom. The summed E-state index contributed by atoms with van der Waals surface area (Å²) in [5.74, 6) is -0.482. The van der Waals surface area contributed by atoms with E-state index >= 15 is 0 Å². The van der Waals surface area contributed by atoms with Crippen LogP contribution in [0.3, 0.4) is 0 Å². The molecule has 0 bridgehead atoms. The van der Waals surface area contributed by atoms with Crippen molar-refractivity contribution in [3.8, 4) is 6.07 Å². The van der Waals surface area contributed by atoms with Gasteiger partial charge in [0.15, 0.2) is 6.04 Å². The van der Waals surface area contributed by atoms with E-state index in [1.807, 2.05) is 11.4 Å². The summed E-state index contributed by atoms with van der Waals surface area (Å²) in [4.78, 5) is 17.3. The summed E-state index contributed by atoms with van der Waals surface area (Å²) < 4.78 is 23.1. The fraction of sp³-hybridized carbons (Fsp3) is 0.308. The summed E-state index contributed by atoms with van der Waals surface area (Å²) in [6.45, 7) is 1.79. The number of nitriles is 1. The monoisotopic (exact) mass is 355 g/mol. The number of thiazole rings is 1. The van der Waals surface area contributed by atoms with Gasteiger partial charge in [0.25, 0.3) is 5.91 Å². The lowest BCUT2D eigenvalue weighted by molar-refractivity contribution is 0.0948. The number of sulfone groups is 1. The third kappa shape index (κ3) is 3.52. The van der Waals surface area contributed by atoms with Crippen LogP contribution >= 0.6 is 22.7 Å². The van der Waals surface area contributed by atoms with Gasteiger partial charge in [-0.3, -0.25) is 4.79 Å². The van der Waals surface area contributed by atoms with E-state index in [-0.39, 0.29) is 9.22 Å². The summed E-state index contributed by atoms with van der Waals surface area (Å²) in [7, 11) is -3.46. The van der Waals surface area contributed by atoms with Crippen LogP contribution in [0, 0.1) is 11.3 Å². The van der Waals surface area contributed by atoms with Crippen LogP contribution in [0.5, 0.6) is 0 Å². The highest BCUT2D eigenvalue weighted by atomic mass is 32.2. The first-order valence-electron chi connectivity index (χ1n) is 6.30. The molecule has 0 aliphatic rings. The maximum absolute atomic E-state index is 12.3. The van der Waals surface area contributed by atoms with Gasteiger partial charge in [-0.2, -0.15) is 5.26 Å². The molecule has 0 aromatic carbocycles. The van der Waals surface area contributed by atoms with Gasteiger partial charge < -0.3 is 5.32 Å². The van der Waals surface area contributed by atoms with E-state index in [1.165, 1.54) is 11.3 Å². The summed E-state index contributed by atoms with van der Waals surface area (Å²) in [5, 5.41) is 13.6. The zero-order valence-electron chi connectivity index (χ0n) is 11.9. The average molecular weight is 355 g/mol. The minimum Gasteiger partial charge on any atom is -0.331 e. The molecule has 0 aliphatic carbocycles. The maximum Gasteiger partial charge on any atom is 0.264 e. The Labute approximate surface area is 136 Å². The zero-order valence-corrected chi connectivity index (χ0v) is 14.3. The standard InChI is InChI=1S/C13H13N3O3S3/c1-3-8-11(21-13(16-8)22(2,18)19)12(17)15-9(7-14)10-5-4-6-20-10/h4-6,9H,3H2,1-2H3,(H,15,17). The molecule has 2 heterocycles. The first-order valence-corrected chi connectivity index (χ1v) is 9.89. The Balaban J connectivity index is 2.30. The minimum absolute atomic E-state index is 0.0841. The van der Waals surface area contributed by atoms with E-state index < -0.39 is 21.8 Å². The second kappa shape index (κ2) is 6.56. The molecule has 0 spiro atoms. The van der Waals surface area contributed by atoms with Gasteiger partial charge >= 0.3 is 0 Å². The number of thiophene rings is 1. The Morgan fingerprint density at radius 2 is 2.27 bits per heavy atom. The number of nitrogens with one attached hydrogen (secondary N) is 1. The minimum atomic E-state index is -3.46. The molecule has 2 aromatic rings. The number of amides is 1. The molecule has 1 amide bonds. The Bertz CT molecular complexity index is 817. The molecule has 0 radical (unpaired) electrons. The van der Waals surface area contributed by atoms with Crippen LogP contribution in [0.4, 0.5) is 0 Å². The second-order valence-electron chi connectivity index (χ2n) is 4.43. The molecule has 2 aromatic heterocycles. The summed E-state index contributed by atoms with van der Waals surface area (Å²) >= 11 is 2.20. The third-order valence-electron chi connectivity index (χ3n) is 2.77. The number of hydrogen-bond acceptors (Lipinski definition) is 7. The lowest BCUT2D eigenvalue weighted by atomic mass is 10.2. The summed E-state index contributed by atoms with van der Waals surface area (Å²) in [5.41, 5.74) is 0.422. The van der Waals surface area contributed by atoms with Crippen molar-refractivity contribution in [2.75, 3.05) is 6.26 Å². The van der Waals surface area contributed by atoms with Crippen LogP contribution in [0.2, 0.25) is 0 Å². The van der Waals surface area contributed by atoms with Crippen LogP contribution in [0.15, 0.2) is 21.9 Å². The largest absolute Gasteiger partial charge is 0.331 e. The molecule has 6 nitrogen and oxygen atoms in total. The van der Waals surface area contributed by atoms with E-state index in [0.717, 1.165) is 22.5 Å². The van der Waals surface area contributed by atoms with Crippen molar-refractivity contribution in [2.24, 2.45) is 0 Å². The Hall–Kier alpha value is -1.76. The number of aromatic nitrogens is 1. The van der Waals surface area contributed by atoms with Crippen molar-refractivity contribution in [1.82, 2.24) is 10.3 Å². The first kappa shape index (κ1) is 16.6. The smallest absolute Gasteiger partial charge is 0.264 e. The molecule has 116 valence electrons. The van der Waals surface area contributed by atoms with Crippen molar-refractivity contribution in [3.63, 3.8) is 0 Å². The predicted octanol–water partition coefficient (Wildman–Crippen LogP) is 2.17. The number of aryl methyl sites for hydroxylation is 1. The molecule has 1 atom stereocenters. The van der Waals surface area contributed by atoms with Crippen molar-refractivity contribution in [2.45, 2.75) is 23.7 Å². The van der Waals surface area contributed by atoms with Crippen molar-refractivity contribution in [1.29, 1.82) is 5.26 Å². The van der Waals surface area contributed by atoms with Gasteiger partial charge in [0.2, 0.25) is 14.2 Å². The third-order valence-corrected chi connectivity index (χ3v) is 6.48. The number of nitrogens with zero attached hydrogens (tertiary/aromatic N) is 2. The van der Waals surface area contributed by atoms with Gasteiger partial charge in [-0.05, 0) is 17.9 Å². The van der Waals surface area contributed by atoms with Gasteiger partial charge in [-0.25, -0.2) is 13.4 Å². The van der Waals surface area contributed by atoms with Crippen LogP contribution in [0.25, 0.3) is 0 Å². The molecular weight excluding hydrogens is 342 g/mol. The SMILES string of the molecule is CCc1nc(S(C)(=O)=O)sc1C(=O)NC(C#N)c1cccs1. The molecule has 2 rings (SSSR count). The average Bonchev–Trinajstić information content (AvgIpc) is 3.12. The quantitative estimate of drug-likeness (QED) is 0.886. The van der Waals surface area contributed by atoms with E-state index in [2.05, 4.69) is 10.3 Å². The van der Waals surface area contributed by atoms with Crippen LogP contribution in [-0.2, 0) is 16.3 Å². The number of hydrogen-bond donors (Lipinski definition) is 1. The topological polar surface area (TPSA) is 99.9 Å².